The van der Waals surface area contributed by atoms with E-state index in [0.717, 1.165) is 16.3 Å². The van der Waals surface area contributed by atoms with Crippen LogP contribution >= 0.6 is 0 Å². The third-order valence-corrected chi connectivity index (χ3v) is 4.58. The van der Waals surface area contributed by atoms with Crippen LogP contribution < -0.4 is 20.2 Å². The molecule has 0 aliphatic rings. The van der Waals surface area contributed by atoms with Gasteiger partial charge in [0.05, 0.1) is 26.5 Å². The number of hydrogen-bond acceptors (Lipinski definition) is 5. The number of rotatable bonds is 7. The van der Waals surface area contributed by atoms with Crippen LogP contribution in [0.25, 0.3) is 10.8 Å². The fourth-order valence-electron chi connectivity index (χ4n) is 3.03. The van der Waals surface area contributed by atoms with E-state index in [-0.39, 0.29) is 6.54 Å². The molecule has 0 saturated carbocycles. The van der Waals surface area contributed by atoms with E-state index < -0.39 is 11.8 Å². The highest BCUT2D eigenvalue weighted by Gasteiger charge is 2.12. The SMILES string of the molecule is COc1ccc(C(=O)NCC(=O)N/N=C(\C)c2cccc3ccccc23)cc1OC. The Kier molecular flexibility index (Phi) is 6.64. The molecule has 0 radical (unpaired) electrons. The minimum Gasteiger partial charge on any atom is -0.493 e. The van der Waals surface area contributed by atoms with Crippen molar-refractivity contribution in [1.82, 2.24) is 10.7 Å². The molecule has 0 spiro atoms. The van der Waals surface area contributed by atoms with E-state index in [1.54, 1.807) is 18.2 Å². The first-order valence-electron chi connectivity index (χ1n) is 9.35. The van der Waals surface area contributed by atoms with Gasteiger partial charge in [0.1, 0.15) is 0 Å². The lowest BCUT2D eigenvalue weighted by atomic mass is 10.0. The summed E-state index contributed by atoms with van der Waals surface area (Å²) in [7, 11) is 3.01. The molecule has 0 fully saturated rings. The molecular formula is C23H23N3O4. The fraction of sp³-hybridized carbons (Fsp3) is 0.174. The molecule has 30 heavy (non-hydrogen) atoms. The predicted octanol–water partition coefficient (Wildman–Crippen LogP) is 3.13. The molecule has 0 aromatic heterocycles. The topological polar surface area (TPSA) is 89.0 Å². The van der Waals surface area contributed by atoms with Crippen molar-refractivity contribution in [2.45, 2.75) is 6.92 Å². The largest absolute Gasteiger partial charge is 0.493 e. The Morgan fingerprint density at radius 3 is 2.43 bits per heavy atom. The number of hydrazone groups is 1. The van der Waals surface area contributed by atoms with Crippen molar-refractivity contribution >= 4 is 28.3 Å². The van der Waals surface area contributed by atoms with Crippen LogP contribution in [0.15, 0.2) is 65.8 Å². The summed E-state index contributed by atoms with van der Waals surface area (Å²) >= 11 is 0. The molecule has 0 heterocycles. The zero-order valence-corrected chi connectivity index (χ0v) is 17.1. The van der Waals surface area contributed by atoms with E-state index in [1.807, 2.05) is 49.4 Å². The number of carbonyl (C=O) groups excluding carboxylic acids is 2. The first kappa shape index (κ1) is 20.9. The summed E-state index contributed by atoms with van der Waals surface area (Å²) in [6.45, 7) is 1.61. The molecule has 7 heteroatoms. The third-order valence-electron chi connectivity index (χ3n) is 4.58. The van der Waals surface area contributed by atoms with Gasteiger partial charge in [0.15, 0.2) is 11.5 Å². The Bertz CT molecular complexity index is 1100. The Hall–Kier alpha value is -3.87. The minimum atomic E-state index is -0.427. The molecular weight excluding hydrogens is 382 g/mol. The second kappa shape index (κ2) is 9.56. The Morgan fingerprint density at radius 2 is 1.67 bits per heavy atom. The van der Waals surface area contributed by atoms with Crippen LogP contribution in [0, 0.1) is 0 Å². The van der Waals surface area contributed by atoms with Gasteiger partial charge in [-0.3, -0.25) is 9.59 Å². The van der Waals surface area contributed by atoms with E-state index in [0.29, 0.717) is 22.8 Å². The first-order chi connectivity index (χ1) is 14.5. The van der Waals surface area contributed by atoms with E-state index in [9.17, 15) is 9.59 Å². The van der Waals surface area contributed by atoms with Gasteiger partial charge in [0.2, 0.25) is 0 Å². The van der Waals surface area contributed by atoms with E-state index in [4.69, 9.17) is 9.47 Å². The van der Waals surface area contributed by atoms with Crippen molar-refractivity contribution in [3.63, 3.8) is 0 Å². The predicted molar refractivity (Wildman–Crippen MR) is 116 cm³/mol. The molecule has 0 unspecified atom stereocenters. The van der Waals surface area contributed by atoms with Crippen LogP contribution in [0.5, 0.6) is 11.5 Å². The summed E-state index contributed by atoms with van der Waals surface area (Å²) in [5.74, 6) is 0.124. The van der Waals surface area contributed by atoms with Crippen LogP contribution in [-0.2, 0) is 4.79 Å². The van der Waals surface area contributed by atoms with Gasteiger partial charge in [-0.25, -0.2) is 5.43 Å². The number of nitrogens with zero attached hydrogens (tertiary/aromatic N) is 1. The Labute approximate surface area is 174 Å². The molecule has 0 saturated heterocycles. The van der Waals surface area contributed by atoms with Gasteiger partial charge in [-0.05, 0) is 35.9 Å². The van der Waals surface area contributed by atoms with Gasteiger partial charge in [0.25, 0.3) is 11.8 Å². The molecule has 2 amide bonds. The number of benzene rings is 3. The van der Waals surface area contributed by atoms with Crippen molar-refractivity contribution in [2.75, 3.05) is 20.8 Å². The number of methoxy groups -OCH3 is 2. The summed E-state index contributed by atoms with van der Waals surface area (Å²) in [5.41, 5.74) is 4.45. The Balaban J connectivity index is 1.61. The molecule has 0 atom stereocenters. The van der Waals surface area contributed by atoms with Crippen molar-refractivity contribution < 1.29 is 19.1 Å². The number of ether oxygens (including phenoxy) is 2. The van der Waals surface area contributed by atoms with Crippen LogP contribution in [0.3, 0.4) is 0 Å². The molecule has 154 valence electrons. The van der Waals surface area contributed by atoms with Gasteiger partial charge >= 0.3 is 0 Å². The lowest BCUT2D eigenvalue weighted by molar-refractivity contribution is -0.120. The van der Waals surface area contributed by atoms with Gasteiger partial charge in [0, 0.05) is 11.1 Å². The highest BCUT2D eigenvalue weighted by molar-refractivity contribution is 6.10. The third kappa shape index (κ3) is 4.75. The van der Waals surface area contributed by atoms with Crippen molar-refractivity contribution in [3.05, 3.63) is 71.8 Å². The zero-order chi connectivity index (χ0) is 21.5. The van der Waals surface area contributed by atoms with Gasteiger partial charge in [-0.1, -0.05) is 42.5 Å². The molecule has 0 bridgehead atoms. The maximum absolute atomic E-state index is 12.3. The lowest BCUT2D eigenvalue weighted by Gasteiger charge is -2.10. The number of amides is 2. The number of nitrogens with one attached hydrogen (secondary N) is 2. The zero-order valence-electron chi connectivity index (χ0n) is 17.1. The smallest absolute Gasteiger partial charge is 0.259 e. The molecule has 7 nitrogen and oxygen atoms in total. The summed E-state index contributed by atoms with van der Waals surface area (Å²) < 4.78 is 10.3. The quantitative estimate of drug-likeness (QED) is 0.467. The molecule has 3 aromatic rings. The monoisotopic (exact) mass is 405 g/mol. The minimum absolute atomic E-state index is 0.209. The van der Waals surface area contributed by atoms with Gasteiger partial charge in [-0.15, -0.1) is 0 Å². The highest BCUT2D eigenvalue weighted by Crippen LogP contribution is 2.27. The molecule has 3 rings (SSSR count). The molecule has 3 aromatic carbocycles. The fourth-order valence-corrected chi connectivity index (χ4v) is 3.03. The van der Waals surface area contributed by atoms with Crippen molar-refractivity contribution in [1.29, 1.82) is 0 Å². The van der Waals surface area contributed by atoms with E-state index >= 15 is 0 Å². The maximum atomic E-state index is 12.3. The van der Waals surface area contributed by atoms with Crippen molar-refractivity contribution in [2.24, 2.45) is 5.10 Å². The van der Waals surface area contributed by atoms with Crippen LogP contribution in [0.1, 0.15) is 22.8 Å². The lowest BCUT2D eigenvalue weighted by Crippen LogP contribution is -2.35. The summed E-state index contributed by atoms with van der Waals surface area (Å²) in [5, 5.41) is 8.89. The van der Waals surface area contributed by atoms with Gasteiger partial charge in [-0.2, -0.15) is 5.10 Å². The molecule has 2 N–H and O–H groups in total. The van der Waals surface area contributed by atoms with Crippen LogP contribution in [0.2, 0.25) is 0 Å². The van der Waals surface area contributed by atoms with E-state index in [1.165, 1.54) is 14.2 Å². The standard InChI is InChI=1S/C23H23N3O4/c1-15(18-10-6-8-16-7-4-5-9-19(16)18)25-26-22(27)14-24-23(28)17-11-12-20(29-2)21(13-17)30-3/h4-13H,14H2,1-3H3,(H,24,28)(H,26,27)/b25-15+. The summed E-state index contributed by atoms with van der Waals surface area (Å²) in [4.78, 5) is 24.4. The second-order valence-corrected chi connectivity index (χ2v) is 6.51. The second-order valence-electron chi connectivity index (χ2n) is 6.51. The van der Waals surface area contributed by atoms with Crippen LogP contribution in [-0.4, -0.2) is 38.3 Å². The Morgan fingerprint density at radius 1 is 0.933 bits per heavy atom. The molecule has 0 aliphatic heterocycles. The van der Waals surface area contributed by atoms with Crippen molar-refractivity contribution in [3.8, 4) is 11.5 Å². The highest BCUT2D eigenvalue weighted by atomic mass is 16.5. The average Bonchev–Trinajstić information content (AvgIpc) is 2.79. The summed E-state index contributed by atoms with van der Waals surface area (Å²) in [6.07, 6.45) is 0. The normalized spacial score (nSPS) is 11.1. The number of hydrogen-bond donors (Lipinski definition) is 2. The van der Waals surface area contributed by atoms with Crippen LogP contribution in [0.4, 0.5) is 0 Å². The first-order valence-corrected chi connectivity index (χ1v) is 9.35. The number of fused-ring (bicyclic) bond motifs is 1. The average molecular weight is 405 g/mol. The summed E-state index contributed by atoms with van der Waals surface area (Å²) in [6, 6.07) is 18.7. The number of carbonyl (C=O) groups is 2. The molecule has 0 aliphatic carbocycles. The van der Waals surface area contributed by atoms with Gasteiger partial charge < -0.3 is 14.8 Å². The maximum Gasteiger partial charge on any atom is 0.259 e. The van der Waals surface area contributed by atoms with E-state index in [2.05, 4.69) is 15.8 Å².